The van der Waals surface area contributed by atoms with Gasteiger partial charge in [0.1, 0.15) is 0 Å². The van der Waals surface area contributed by atoms with Crippen LogP contribution in [-0.2, 0) is 4.74 Å². The van der Waals surface area contributed by atoms with Crippen molar-refractivity contribution in [3.8, 4) is 0 Å². The lowest BCUT2D eigenvalue weighted by molar-refractivity contribution is 0.153. The summed E-state index contributed by atoms with van der Waals surface area (Å²) in [6.45, 7) is 5.59. The van der Waals surface area contributed by atoms with E-state index in [1.54, 1.807) is 7.11 Å². The quantitative estimate of drug-likeness (QED) is 0.612. The highest BCUT2D eigenvalue weighted by atomic mass is 16.5. The third-order valence-electron chi connectivity index (χ3n) is 3.45. The summed E-state index contributed by atoms with van der Waals surface area (Å²) >= 11 is 0. The van der Waals surface area contributed by atoms with Crippen LogP contribution in [0.2, 0.25) is 0 Å². The Labute approximate surface area is 100 Å². The lowest BCUT2D eigenvalue weighted by Crippen LogP contribution is -2.22. The molecule has 0 amide bonds. The Bertz CT molecular complexity index is 164. The zero-order chi connectivity index (χ0) is 11.6. The molecule has 1 atom stereocenters. The van der Waals surface area contributed by atoms with Crippen LogP contribution in [0, 0.1) is 5.92 Å². The Kier molecular flexibility index (Phi) is 7.81. The summed E-state index contributed by atoms with van der Waals surface area (Å²) in [6, 6.07) is 0. The van der Waals surface area contributed by atoms with Gasteiger partial charge in [-0.3, -0.25) is 0 Å². The molecule has 96 valence electrons. The van der Waals surface area contributed by atoms with Crippen molar-refractivity contribution in [2.45, 2.75) is 38.5 Å². The van der Waals surface area contributed by atoms with Crippen molar-refractivity contribution in [2.75, 3.05) is 39.9 Å². The third kappa shape index (κ3) is 5.83. The van der Waals surface area contributed by atoms with Crippen molar-refractivity contribution >= 4 is 0 Å². The molecule has 0 radical (unpaired) electrons. The molecule has 0 spiro atoms. The maximum absolute atomic E-state index is 5.47. The van der Waals surface area contributed by atoms with Crippen LogP contribution < -0.4 is 5.73 Å². The van der Waals surface area contributed by atoms with Crippen LogP contribution in [0.25, 0.3) is 0 Å². The van der Waals surface area contributed by atoms with Gasteiger partial charge in [-0.2, -0.15) is 0 Å². The standard InChI is InChI=1S/C13H28N2O/c1-16-12-13-7-10-15(11-13)9-6-4-2-3-5-8-14/h13H,2-12,14H2,1H3. The van der Waals surface area contributed by atoms with Crippen molar-refractivity contribution in [1.29, 1.82) is 0 Å². The topological polar surface area (TPSA) is 38.5 Å². The van der Waals surface area contributed by atoms with E-state index in [0.717, 1.165) is 19.1 Å². The fraction of sp³-hybridized carbons (Fsp3) is 1.00. The monoisotopic (exact) mass is 228 g/mol. The Balaban J connectivity index is 1.90. The van der Waals surface area contributed by atoms with Crippen molar-refractivity contribution in [3.63, 3.8) is 0 Å². The molecule has 16 heavy (non-hydrogen) atoms. The summed E-state index contributed by atoms with van der Waals surface area (Å²) in [5.74, 6) is 0.780. The Morgan fingerprint density at radius 3 is 2.69 bits per heavy atom. The van der Waals surface area contributed by atoms with Gasteiger partial charge in [0.25, 0.3) is 0 Å². The number of rotatable bonds is 9. The number of methoxy groups -OCH3 is 1. The minimum atomic E-state index is 0.780. The van der Waals surface area contributed by atoms with Crippen LogP contribution in [0.3, 0.4) is 0 Å². The largest absolute Gasteiger partial charge is 0.384 e. The Morgan fingerprint density at radius 1 is 1.19 bits per heavy atom. The number of hydrogen-bond donors (Lipinski definition) is 1. The van der Waals surface area contributed by atoms with E-state index in [9.17, 15) is 0 Å². The Hall–Kier alpha value is -0.120. The first-order chi connectivity index (χ1) is 7.86. The summed E-state index contributed by atoms with van der Waals surface area (Å²) in [6.07, 6.45) is 7.89. The number of likely N-dealkylation sites (tertiary alicyclic amines) is 1. The fourth-order valence-electron chi connectivity index (χ4n) is 2.50. The van der Waals surface area contributed by atoms with Crippen LogP contribution in [0.5, 0.6) is 0 Å². The first-order valence-corrected chi connectivity index (χ1v) is 6.78. The molecule has 0 aromatic rings. The molecule has 3 heteroatoms. The van der Waals surface area contributed by atoms with E-state index in [4.69, 9.17) is 10.5 Å². The summed E-state index contributed by atoms with van der Waals surface area (Å²) in [5.41, 5.74) is 5.47. The molecule has 1 saturated heterocycles. The van der Waals surface area contributed by atoms with E-state index >= 15 is 0 Å². The van der Waals surface area contributed by atoms with Gasteiger partial charge >= 0.3 is 0 Å². The minimum Gasteiger partial charge on any atom is -0.384 e. The second kappa shape index (κ2) is 8.97. The van der Waals surface area contributed by atoms with Gasteiger partial charge in [-0.1, -0.05) is 19.3 Å². The van der Waals surface area contributed by atoms with E-state index in [2.05, 4.69) is 4.90 Å². The molecule has 1 rings (SSSR count). The molecule has 1 fully saturated rings. The highest BCUT2D eigenvalue weighted by molar-refractivity contribution is 4.74. The number of unbranched alkanes of at least 4 members (excludes halogenated alkanes) is 4. The Morgan fingerprint density at radius 2 is 1.94 bits per heavy atom. The zero-order valence-corrected chi connectivity index (χ0v) is 10.8. The maximum Gasteiger partial charge on any atom is 0.0503 e. The number of hydrogen-bond acceptors (Lipinski definition) is 3. The highest BCUT2D eigenvalue weighted by Crippen LogP contribution is 2.17. The number of ether oxygens (including phenoxy) is 1. The molecule has 0 bridgehead atoms. The normalized spacial score (nSPS) is 21.8. The van der Waals surface area contributed by atoms with Crippen LogP contribution in [0.4, 0.5) is 0 Å². The lowest BCUT2D eigenvalue weighted by Gasteiger charge is -2.15. The summed E-state index contributed by atoms with van der Waals surface area (Å²) in [4.78, 5) is 2.59. The van der Waals surface area contributed by atoms with Crippen molar-refractivity contribution in [3.05, 3.63) is 0 Å². The van der Waals surface area contributed by atoms with Gasteiger partial charge in [-0.25, -0.2) is 0 Å². The SMILES string of the molecule is COCC1CCN(CCCCCCCN)C1. The van der Waals surface area contributed by atoms with E-state index in [0.29, 0.717) is 0 Å². The van der Waals surface area contributed by atoms with E-state index < -0.39 is 0 Å². The average Bonchev–Trinajstić information content (AvgIpc) is 2.72. The number of nitrogens with two attached hydrogens (primary N) is 1. The highest BCUT2D eigenvalue weighted by Gasteiger charge is 2.21. The molecule has 0 aliphatic carbocycles. The van der Waals surface area contributed by atoms with Gasteiger partial charge in [0.15, 0.2) is 0 Å². The first-order valence-electron chi connectivity index (χ1n) is 6.78. The van der Waals surface area contributed by atoms with E-state index in [1.165, 1.54) is 58.2 Å². The molecule has 1 heterocycles. The van der Waals surface area contributed by atoms with Crippen LogP contribution >= 0.6 is 0 Å². The first kappa shape index (κ1) is 13.9. The zero-order valence-electron chi connectivity index (χ0n) is 10.8. The average molecular weight is 228 g/mol. The summed E-state index contributed by atoms with van der Waals surface area (Å²) < 4.78 is 5.21. The maximum atomic E-state index is 5.47. The van der Waals surface area contributed by atoms with Crippen molar-refractivity contribution in [1.82, 2.24) is 4.90 Å². The molecular formula is C13H28N2O. The molecule has 0 aromatic carbocycles. The molecule has 0 aromatic heterocycles. The molecule has 3 nitrogen and oxygen atoms in total. The second-order valence-corrected chi connectivity index (χ2v) is 4.97. The molecule has 1 unspecified atom stereocenters. The summed E-state index contributed by atoms with van der Waals surface area (Å²) in [7, 11) is 1.81. The molecular weight excluding hydrogens is 200 g/mol. The predicted octanol–water partition coefficient (Wildman–Crippen LogP) is 1.86. The van der Waals surface area contributed by atoms with Gasteiger partial charge in [0.05, 0.1) is 6.61 Å². The van der Waals surface area contributed by atoms with Crippen molar-refractivity contribution < 1.29 is 4.74 Å². The van der Waals surface area contributed by atoms with Gasteiger partial charge in [-0.15, -0.1) is 0 Å². The van der Waals surface area contributed by atoms with Crippen LogP contribution in [0.1, 0.15) is 38.5 Å². The third-order valence-corrected chi connectivity index (χ3v) is 3.45. The van der Waals surface area contributed by atoms with Crippen molar-refractivity contribution in [2.24, 2.45) is 11.7 Å². The minimum absolute atomic E-state index is 0.780. The second-order valence-electron chi connectivity index (χ2n) is 4.97. The fourth-order valence-corrected chi connectivity index (χ4v) is 2.50. The van der Waals surface area contributed by atoms with Crippen LogP contribution in [0.15, 0.2) is 0 Å². The predicted molar refractivity (Wildman–Crippen MR) is 68.6 cm³/mol. The van der Waals surface area contributed by atoms with Gasteiger partial charge in [-0.05, 0) is 44.8 Å². The molecule has 0 saturated carbocycles. The van der Waals surface area contributed by atoms with Gasteiger partial charge in [0.2, 0.25) is 0 Å². The molecule has 1 aliphatic heterocycles. The lowest BCUT2D eigenvalue weighted by atomic mass is 10.1. The van der Waals surface area contributed by atoms with Gasteiger partial charge in [0, 0.05) is 13.7 Å². The van der Waals surface area contributed by atoms with E-state index in [1.807, 2.05) is 0 Å². The number of nitrogens with zero attached hydrogens (tertiary/aromatic N) is 1. The molecule has 2 N–H and O–H groups in total. The smallest absolute Gasteiger partial charge is 0.0503 e. The van der Waals surface area contributed by atoms with E-state index in [-0.39, 0.29) is 0 Å². The van der Waals surface area contributed by atoms with Gasteiger partial charge < -0.3 is 15.4 Å². The summed E-state index contributed by atoms with van der Waals surface area (Å²) in [5, 5.41) is 0. The molecule has 1 aliphatic rings. The van der Waals surface area contributed by atoms with Crippen LogP contribution in [-0.4, -0.2) is 44.8 Å².